The molecule has 1 heterocycles. The lowest BCUT2D eigenvalue weighted by molar-refractivity contribution is 0.0945. The number of carbonyl (C=O) groups excluding carboxylic acids is 1. The number of hydrogen-bond acceptors (Lipinski definition) is 4. The third kappa shape index (κ3) is 2.94. The Bertz CT molecular complexity index is 768. The van der Waals surface area contributed by atoms with Crippen molar-refractivity contribution in [3.63, 3.8) is 0 Å². The average Bonchev–Trinajstić information content (AvgIpc) is 2.96. The van der Waals surface area contributed by atoms with Crippen LogP contribution in [-0.4, -0.2) is 29.1 Å². The van der Waals surface area contributed by atoms with Gasteiger partial charge in [-0.3, -0.25) is 4.79 Å². The second-order valence-electron chi connectivity index (χ2n) is 4.55. The number of amides is 1. The summed E-state index contributed by atoms with van der Waals surface area (Å²) in [7, 11) is 0. The van der Waals surface area contributed by atoms with Crippen molar-refractivity contribution >= 4 is 27.5 Å². The average molecular weight is 298 g/mol. The van der Waals surface area contributed by atoms with E-state index >= 15 is 0 Å². The second kappa shape index (κ2) is 6.03. The third-order valence-corrected chi connectivity index (χ3v) is 4.14. The minimum atomic E-state index is -0.180. The maximum absolute atomic E-state index is 11.9. The number of hydrogen-bond donors (Lipinski definition) is 2. The van der Waals surface area contributed by atoms with Crippen LogP contribution >= 0.6 is 11.3 Å². The normalized spacial score (nSPS) is 10.7. The molecular formula is C16H14N2O2S. The van der Waals surface area contributed by atoms with E-state index in [9.17, 15) is 4.79 Å². The summed E-state index contributed by atoms with van der Waals surface area (Å²) in [6.07, 6.45) is 0. The lowest BCUT2D eigenvalue weighted by Gasteiger charge is -2.02. The SMILES string of the molecule is O=C(NCCO)c1ccc2nc(-c3ccccc3)sc2c1. The van der Waals surface area contributed by atoms with E-state index in [-0.39, 0.29) is 19.1 Å². The number of carbonyl (C=O) groups is 1. The quantitative estimate of drug-likeness (QED) is 0.778. The maximum atomic E-state index is 11.9. The van der Waals surface area contributed by atoms with E-state index in [2.05, 4.69) is 10.3 Å². The number of aromatic nitrogens is 1. The van der Waals surface area contributed by atoms with Crippen LogP contribution in [0.2, 0.25) is 0 Å². The van der Waals surface area contributed by atoms with Crippen LogP contribution < -0.4 is 5.32 Å². The molecule has 3 rings (SSSR count). The zero-order chi connectivity index (χ0) is 14.7. The molecule has 0 saturated heterocycles. The van der Waals surface area contributed by atoms with Gasteiger partial charge >= 0.3 is 0 Å². The van der Waals surface area contributed by atoms with Gasteiger partial charge in [-0.05, 0) is 18.2 Å². The number of nitrogens with one attached hydrogen (secondary N) is 1. The smallest absolute Gasteiger partial charge is 0.251 e. The molecule has 2 N–H and O–H groups in total. The molecule has 0 bridgehead atoms. The predicted octanol–water partition coefficient (Wildman–Crippen LogP) is 2.69. The monoisotopic (exact) mass is 298 g/mol. The standard InChI is InChI=1S/C16H14N2O2S/c19-9-8-17-15(20)12-6-7-13-14(10-12)21-16(18-13)11-4-2-1-3-5-11/h1-7,10,19H,8-9H2,(H,17,20). The van der Waals surface area contributed by atoms with Crippen LogP contribution in [0.1, 0.15) is 10.4 Å². The fraction of sp³-hybridized carbons (Fsp3) is 0.125. The Hall–Kier alpha value is -2.24. The van der Waals surface area contributed by atoms with Crippen molar-refractivity contribution in [3.8, 4) is 10.6 Å². The van der Waals surface area contributed by atoms with Crippen molar-refractivity contribution in [1.29, 1.82) is 0 Å². The van der Waals surface area contributed by atoms with Crippen LogP contribution in [0, 0.1) is 0 Å². The third-order valence-electron chi connectivity index (χ3n) is 3.07. The summed E-state index contributed by atoms with van der Waals surface area (Å²) in [6, 6.07) is 15.4. The van der Waals surface area contributed by atoms with Crippen molar-refractivity contribution < 1.29 is 9.90 Å². The van der Waals surface area contributed by atoms with Gasteiger partial charge in [0.25, 0.3) is 5.91 Å². The van der Waals surface area contributed by atoms with Crippen LogP contribution in [0.5, 0.6) is 0 Å². The zero-order valence-corrected chi connectivity index (χ0v) is 12.1. The van der Waals surface area contributed by atoms with Crippen molar-refractivity contribution in [3.05, 3.63) is 54.1 Å². The molecule has 0 spiro atoms. The van der Waals surface area contributed by atoms with Gasteiger partial charge in [-0.25, -0.2) is 4.98 Å². The number of thiazole rings is 1. The minimum Gasteiger partial charge on any atom is -0.395 e. The van der Waals surface area contributed by atoms with Gasteiger partial charge in [0.15, 0.2) is 0 Å². The molecule has 1 aromatic heterocycles. The molecule has 1 amide bonds. The number of rotatable bonds is 4. The van der Waals surface area contributed by atoms with Gasteiger partial charge in [0.1, 0.15) is 5.01 Å². The number of aliphatic hydroxyl groups excluding tert-OH is 1. The Morgan fingerprint density at radius 2 is 2.00 bits per heavy atom. The number of aliphatic hydroxyl groups is 1. The van der Waals surface area contributed by atoms with E-state index < -0.39 is 0 Å². The molecule has 0 fully saturated rings. The fourth-order valence-electron chi connectivity index (χ4n) is 2.04. The molecule has 3 aromatic rings. The summed E-state index contributed by atoms with van der Waals surface area (Å²) < 4.78 is 0.977. The molecule has 0 aliphatic heterocycles. The molecule has 0 aliphatic rings. The number of benzene rings is 2. The Labute approximate surface area is 126 Å². The first-order valence-electron chi connectivity index (χ1n) is 6.63. The first-order chi connectivity index (χ1) is 10.3. The topological polar surface area (TPSA) is 62.2 Å². The van der Waals surface area contributed by atoms with E-state index in [1.165, 1.54) is 0 Å². The molecule has 4 nitrogen and oxygen atoms in total. The van der Waals surface area contributed by atoms with Gasteiger partial charge in [-0.1, -0.05) is 30.3 Å². The second-order valence-corrected chi connectivity index (χ2v) is 5.58. The summed E-state index contributed by atoms with van der Waals surface area (Å²) in [6.45, 7) is 0.196. The minimum absolute atomic E-state index is 0.0628. The molecule has 0 radical (unpaired) electrons. The molecule has 106 valence electrons. The van der Waals surface area contributed by atoms with Crippen LogP contribution in [0.25, 0.3) is 20.8 Å². The molecule has 21 heavy (non-hydrogen) atoms. The molecular weight excluding hydrogens is 284 g/mol. The van der Waals surface area contributed by atoms with Gasteiger partial charge in [-0.2, -0.15) is 0 Å². The molecule has 5 heteroatoms. The number of nitrogens with zero attached hydrogens (tertiary/aromatic N) is 1. The maximum Gasteiger partial charge on any atom is 0.251 e. The first kappa shape index (κ1) is 13.7. The van der Waals surface area contributed by atoms with E-state index in [0.29, 0.717) is 5.56 Å². The van der Waals surface area contributed by atoms with E-state index in [1.807, 2.05) is 42.5 Å². The molecule has 0 atom stereocenters. The van der Waals surface area contributed by atoms with Crippen LogP contribution in [-0.2, 0) is 0 Å². The number of fused-ring (bicyclic) bond motifs is 1. The highest BCUT2D eigenvalue weighted by molar-refractivity contribution is 7.21. The van der Waals surface area contributed by atoms with E-state index in [4.69, 9.17) is 5.11 Å². The van der Waals surface area contributed by atoms with E-state index in [0.717, 1.165) is 20.8 Å². The predicted molar refractivity (Wildman–Crippen MR) is 84.5 cm³/mol. The summed E-state index contributed by atoms with van der Waals surface area (Å²) in [5, 5.41) is 12.3. The highest BCUT2D eigenvalue weighted by Crippen LogP contribution is 2.30. The van der Waals surface area contributed by atoms with Gasteiger partial charge in [0, 0.05) is 17.7 Å². The van der Waals surface area contributed by atoms with Crippen LogP contribution in [0.15, 0.2) is 48.5 Å². The van der Waals surface area contributed by atoms with Crippen LogP contribution in [0.3, 0.4) is 0 Å². The fourth-order valence-corrected chi connectivity index (χ4v) is 3.05. The molecule has 0 unspecified atom stereocenters. The van der Waals surface area contributed by atoms with Crippen LogP contribution in [0.4, 0.5) is 0 Å². The molecule has 0 aliphatic carbocycles. The van der Waals surface area contributed by atoms with Crippen molar-refractivity contribution in [2.45, 2.75) is 0 Å². The largest absolute Gasteiger partial charge is 0.395 e. The Kier molecular flexibility index (Phi) is 3.94. The summed E-state index contributed by atoms with van der Waals surface area (Å²) in [4.78, 5) is 16.5. The lowest BCUT2D eigenvalue weighted by Crippen LogP contribution is -2.26. The van der Waals surface area contributed by atoms with Gasteiger partial charge in [0.05, 0.1) is 16.8 Å². The summed E-state index contributed by atoms with van der Waals surface area (Å²) >= 11 is 1.57. The zero-order valence-electron chi connectivity index (χ0n) is 11.2. The van der Waals surface area contributed by atoms with Crippen molar-refractivity contribution in [2.24, 2.45) is 0 Å². The van der Waals surface area contributed by atoms with Gasteiger partial charge < -0.3 is 10.4 Å². The highest BCUT2D eigenvalue weighted by atomic mass is 32.1. The Morgan fingerprint density at radius 1 is 1.19 bits per heavy atom. The first-order valence-corrected chi connectivity index (χ1v) is 7.44. The van der Waals surface area contributed by atoms with Crippen molar-refractivity contribution in [1.82, 2.24) is 10.3 Å². The summed E-state index contributed by atoms with van der Waals surface area (Å²) in [5.74, 6) is -0.180. The molecule has 0 saturated carbocycles. The summed E-state index contributed by atoms with van der Waals surface area (Å²) in [5.41, 5.74) is 2.54. The Balaban J connectivity index is 1.94. The molecule has 2 aromatic carbocycles. The Morgan fingerprint density at radius 3 is 2.76 bits per heavy atom. The van der Waals surface area contributed by atoms with E-state index in [1.54, 1.807) is 17.4 Å². The van der Waals surface area contributed by atoms with Crippen molar-refractivity contribution in [2.75, 3.05) is 13.2 Å². The lowest BCUT2D eigenvalue weighted by atomic mass is 10.2. The van der Waals surface area contributed by atoms with Gasteiger partial charge in [-0.15, -0.1) is 11.3 Å². The highest BCUT2D eigenvalue weighted by Gasteiger charge is 2.10. The van der Waals surface area contributed by atoms with Gasteiger partial charge in [0.2, 0.25) is 0 Å².